The molecule has 1 atom stereocenters. The Morgan fingerprint density at radius 2 is 1.79 bits per heavy atom. The van der Waals surface area contributed by atoms with E-state index in [-0.39, 0.29) is 30.6 Å². The van der Waals surface area contributed by atoms with E-state index in [0.29, 0.717) is 0 Å². The van der Waals surface area contributed by atoms with E-state index < -0.39 is 0 Å². The zero-order valence-corrected chi connectivity index (χ0v) is 20.0. The lowest BCUT2D eigenvalue weighted by atomic mass is 10.1. The number of aliphatic hydroxyl groups is 1. The Morgan fingerprint density at radius 1 is 0.971 bits per heavy atom. The zero-order chi connectivity index (χ0) is 22.6. The van der Waals surface area contributed by atoms with E-state index in [9.17, 15) is 9.90 Å². The molecular formula is C27H31ClN4O2. The number of nitrogens with zero attached hydrogens (tertiary/aromatic N) is 4. The molecule has 1 N–H and O–H groups in total. The van der Waals surface area contributed by atoms with E-state index in [1.165, 1.54) is 5.56 Å². The van der Waals surface area contributed by atoms with Crippen LogP contribution in [0.25, 0.3) is 16.6 Å². The number of benzene rings is 2. The predicted octanol–water partition coefficient (Wildman–Crippen LogP) is 3.85. The number of fused-ring (bicyclic) bond motifs is 1. The highest BCUT2D eigenvalue weighted by atomic mass is 35.5. The summed E-state index contributed by atoms with van der Waals surface area (Å²) in [4.78, 5) is 15.2. The summed E-state index contributed by atoms with van der Waals surface area (Å²) in [6, 6.07) is 20.4. The van der Waals surface area contributed by atoms with Crippen molar-refractivity contribution in [2.75, 3.05) is 19.7 Å². The molecule has 4 aromatic rings. The number of pyridine rings is 1. The van der Waals surface area contributed by atoms with Gasteiger partial charge in [-0.25, -0.2) is 0 Å². The third-order valence-corrected chi connectivity index (χ3v) is 6.74. The number of hydrogen-bond donors (Lipinski definition) is 1. The highest BCUT2D eigenvalue weighted by molar-refractivity contribution is 5.85. The smallest absolute Gasteiger partial charge is 0.255 e. The van der Waals surface area contributed by atoms with Crippen LogP contribution in [0.15, 0.2) is 77.9 Å². The maximum atomic E-state index is 12.8. The molecule has 178 valence electrons. The van der Waals surface area contributed by atoms with Crippen molar-refractivity contribution in [2.45, 2.75) is 38.3 Å². The van der Waals surface area contributed by atoms with Gasteiger partial charge in [0.25, 0.3) is 5.56 Å². The van der Waals surface area contributed by atoms with E-state index in [1.54, 1.807) is 10.6 Å². The molecule has 5 rings (SSSR count). The molecule has 0 amide bonds. The van der Waals surface area contributed by atoms with Gasteiger partial charge in [-0.3, -0.25) is 18.9 Å². The summed E-state index contributed by atoms with van der Waals surface area (Å²) in [5.74, 6) is 0. The first-order chi connectivity index (χ1) is 16.2. The summed E-state index contributed by atoms with van der Waals surface area (Å²) >= 11 is 0. The fourth-order valence-electron chi connectivity index (χ4n) is 4.84. The van der Waals surface area contributed by atoms with Crippen LogP contribution in [0.1, 0.15) is 24.0 Å². The van der Waals surface area contributed by atoms with Gasteiger partial charge in [0.2, 0.25) is 0 Å². The summed E-state index contributed by atoms with van der Waals surface area (Å²) in [5.41, 5.74) is 4.22. The first kappa shape index (κ1) is 24.2. The van der Waals surface area contributed by atoms with Crippen molar-refractivity contribution >= 4 is 23.3 Å². The van der Waals surface area contributed by atoms with Crippen molar-refractivity contribution in [3.63, 3.8) is 0 Å². The van der Waals surface area contributed by atoms with E-state index >= 15 is 0 Å². The molecule has 7 heteroatoms. The van der Waals surface area contributed by atoms with E-state index in [1.807, 2.05) is 59.5 Å². The molecule has 3 heterocycles. The van der Waals surface area contributed by atoms with Gasteiger partial charge in [-0.1, -0.05) is 30.3 Å². The largest absolute Gasteiger partial charge is 0.395 e. The summed E-state index contributed by atoms with van der Waals surface area (Å²) in [7, 11) is 0. The number of rotatable bonds is 8. The molecule has 1 fully saturated rings. The van der Waals surface area contributed by atoms with Gasteiger partial charge in [-0.15, -0.1) is 12.4 Å². The highest BCUT2D eigenvalue weighted by Gasteiger charge is 2.23. The van der Waals surface area contributed by atoms with Crippen molar-refractivity contribution in [3.8, 4) is 5.69 Å². The number of aliphatic hydroxyl groups excluding tert-OH is 1. The molecule has 0 spiro atoms. The normalized spacial score (nSPS) is 16.1. The molecule has 1 unspecified atom stereocenters. The Kier molecular flexibility index (Phi) is 7.83. The fraction of sp³-hybridized carbons (Fsp3) is 0.333. The molecule has 0 saturated carbocycles. The first-order valence-corrected chi connectivity index (χ1v) is 11.8. The summed E-state index contributed by atoms with van der Waals surface area (Å²) < 4.78 is 3.71. The number of halogens is 1. The van der Waals surface area contributed by atoms with Crippen molar-refractivity contribution < 1.29 is 5.11 Å². The average molecular weight is 479 g/mol. The fourth-order valence-corrected chi connectivity index (χ4v) is 4.84. The molecule has 0 aliphatic carbocycles. The van der Waals surface area contributed by atoms with Gasteiger partial charge in [0.1, 0.15) is 0 Å². The molecular weight excluding hydrogens is 448 g/mol. The van der Waals surface area contributed by atoms with Crippen LogP contribution in [0.3, 0.4) is 0 Å². The van der Waals surface area contributed by atoms with Gasteiger partial charge in [0.05, 0.1) is 24.9 Å². The Bertz CT molecular complexity index is 1280. The highest BCUT2D eigenvalue weighted by Crippen LogP contribution is 2.20. The lowest BCUT2D eigenvalue weighted by Crippen LogP contribution is -2.34. The van der Waals surface area contributed by atoms with Gasteiger partial charge < -0.3 is 5.11 Å². The third kappa shape index (κ3) is 5.25. The molecule has 2 aromatic heterocycles. The summed E-state index contributed by atoms with van der Waals surface area (Å²) in [6.45, 7) is 2.94. The van der Waals surface area contributed by atoms with Crippen LogP contribution in [0.2, 0.25) is 0 Å². The summed E-state index contributed by atoms with van der Waals surface area (Å²) in [6.07, 6.45) is 7.72. The number of aromatic nitrogens is 3. The van der Waals surface area contributed by atoms with Crippen LogP contribution in [-0.2, 0) is 19.4 Å². The van der Waals surface area contributed by atoms with Gasteiger partial charge in [0, 0.05) is 35.9 Å². The zero-order valence-electron chi connectivity index (χ0n) is 19.2. The van der Waals surface area contributed by atoms with Gasteiger partial charge in [0.15, 0.2) is 0 Å². The van der Waals surface area contributed by atoms with Crippen LogP contribution >= 0.6 is 12.4 Å². The Labute approximate surface area is 205 Å². The van der Waals surface area contributed by atoms with E-state index in [4.69, 9.17) is 0 Å². The topological polar surface area (TPSA) is 63.3 Å². The van der Waals surface area contributed by atoms with Crippen LogP contribution in [0.5, 0.6) is 0 Å². The third-order valence-electron chi connectivity index (χ3n) is 6.74. The Morgan fingerprint density at radius 3 is 2.59 bits per heavy atom. The predicted molar refractivity (Wildman–Crippen MR) is 138 cm³/mol. The molecule has 0 bridgehead atoms. The number of hydrogen-bond acceptors (Lipinski definition) is 4. The minimum Gasteiger partial charge on any atom is -0.395 e. The standard InChI is InChI=1S/C27H30N4O2.ClH/c32-20-25-7-4-13-29(25)15-16-31-26-11-10-24(18-23(26)19-28-31)30-14-12-22(17-27(30)33)9-8-21-5-2-1-3-6-21;/h1-3,5-6,10-12,14,17-19,25,32H,4,7-9,13,15-16,20H2;1H. The molecule has 1 saturated heterocycles. The molecule has 34 heavy (non-hydrogen) atoms. The maximum absolute atomic E-state index is 12.8. The van der Waals surface area contributed by atoms with Crippen LogP contribution in [-0.4, -0.2) is 50.1 Å². The van der Waals surface area contributed by atoms with Crippen LogP contribution in [0.4, 0.5) is 0 Å². The van der Waals surface area contributed by atoms with Crippen molar-refractivity contribution in [1.82, 2.24) is 19.2 Å². The van der Waals surface area contributed by atoms with Gasteiger partial charge >= 0.3 is 0 Å². The second kappa shape index (κ2) is 11.0. The van der Waals surface area contributed by atoms with E-state index in [0.717, 1.165) is 67.5 Å². The SMILES string of the molecule is Cl.O=c1cc(CCc2ccccc2)ccn1-c1ccc2c(cnn2CCN2CCCC2CO)c1. The van der Waals surface area contributed by atoms with Crippen molar-refractivity contribution in [3.05, 3.63) is 94.5 Å². The monoisotopic (exact) mass is 478 g/mol. The second-order valence-electron chi connectivity index (χ2n) is 8.85. The minimum absolute atomic E-state index is 0. The van der Waals surface area contributed by atoms with Gasteiger partial charge in [-0.2, -0.15) is 5.10 Å². The van der Waals surface area contributed by atoms with Crippen LogP contribution < -0.4 is 5.56 Å². The number of likely N-dealkylation sites (tertiary alicyclic amines) is 1. The minimum atomic E-state index is -0.0172. The first-order valence-electron chi connectivity index (χ1n) is 11.8. The average Bonchev–Trinajstić information content (AvgIpc) is 3.48. The quantitative estimate of drug-likeness (QED) is 0.418. The lowest BCUT2D eigenvalue weighted by Gasteiger charge is -2.22. The summed E-state index contributed by atoms with van der Waals surface area (Å²) in [5, 5.41) is 15.1. The lowest BCUT2D eigenvalue weighted by molar-refractivity contribution is 0.154. The molecule has 1 aliphatic rings. The Hall–Kier alpha value is -2.93. The van der Waals surface area contributed by atoms with Gasteiger partial charge in [-0.05, 0) is 67.6 Å². The maximum Gasteiger partial charge on any atom is 0.255 e. The Balaban J connectivity index is 0.00000274. The van der Waals surface area contributed by atoms with Crippen molar-refractivity contribution in [2.24, 2.45) is 0 Å². The van der Waals surface area contributed by atoms with Crippen LogP contribution in [0, 0.1) is 0 Å². The molecule has 2 aromatic carbocycles. The van der Waals surface area contributed by atoms with E-state index in [2.05, 4.69) is 22.1 Å². The molecule has 1 aliphatic heterocycles. The second-order valence-corrected chi connectivity index (χ2v) is 8.85. The number of aryl methyl sites for hydroxylation is 2. The van der Waals surface area contributed by atoms with Crippen molar-refractivity contribution in [1.29, 1.82) is 0 Å². The molecule has 0 radical (unpaired) electrons. The molecule has 6 nitrogen and oxygen atoms in total.